The van der Waals surface area contributed by atoms with Crippen molar-refractivity contribution in [1.29, 1.82) is 0 Å². The molecule has 2 bridgehead atoms. The van der Waals surface area contributed by atoms with Gasteiger partial charge in [0.15, 0.2) is 5.65 Å². The summed E-state index contributed by atoms with van der Waals surface area (Å²) in [5.41, 5.74) is 2.03. The summed E-state index contributed by atoms with van der Waals surface area (Å²) in [5, 5.41) is 0. The maximum Gasteiger partial charge on any atom is 0.394 e. The van der Waals surface area contributed by atoms with Gasteiger partial charge in [0.05, 0.1) is 28.6 Å². The minimum atomic E-state index is -4.19. The van der Waals surface area contributed by atoms with Gasteiger partial charge in [0.25, 0.3) is 5.56 Å². The summed E-state index contributed by atoms with van der Waals surface area (Å²) in [6.45, 7) is 7.12. The third-order valence-electron chi connectivity index (χ3n) is 9.78. The Balaban J connectivity index is 1.22. The zero-order chi connectivity index (χ0) is 27.4. The molecule has 7 nitrogen and oxygen atoms in total. The maximum atomic E-state index is 13.7. The minimum absolute atomic E-state index is 0.0128. The average molecular weight is 540 g/mol. The molecule has 5 aliphatic rings. The number of ether oxygens (including phenoxy) is 1. The number of alkyl halides is 3. The summed E-state index contributed by atoms with van der Waals surface area (Å²) in [6.07, 6.45) is 1.25. The minimum Gasteiger partial charge on any atom is -0.373 e. The molecule has 4 heterocycles. The van der Waals surface area contributed by atoms with E-state index in [0.29, 0.717) is 48.7 Å². The van der Waals surface area contributed by atoms with Crippen molar-refractivity contribution in [3.63, 3.8) is 0 Å². The molecule has 0 unspecified atom stereocenters. The van der Waals surface area contributed by atoms with E-state index in [1.165, 1.54) is 0 Å². The highest BCUT2D eigenvalue weighted by molar-refractivity contribution is 5.75. The number of nitrogens with zero attached hydrogens (tertiary/aromatic N) is 5. The summed E-state index contributed by atoms with van der Waals surface area (Å²) in [4.78, 5) is 31.7. The van der Waals surface area contributed by atoms with Crippen LogP contribution < -0.4 is 5.56 Å². The normalized spacial score (nSPS) is 31.0. The second-order valence-corrected chi connectivity index (χ2v) is 12.9. The predicted octanol–water partition coefficient (Wildman–Crippen LogP) is 5.62. The van der Waals surface area contributed by atoms with Gasteiger partial charge in [-0.1, -0.05) is 6.92 Å². The van der Waals surface area contributed by atoms with Crippen molar-refractivity contribution in [3.05, 3.63) is 57.2 Å². The Morgan fingerprint density at radius 1 is 1.05 bits per heavy atom. The number of rotatable bonds is 5. The molecule has 0 radical (unpaired) electrons. The van der Waals surface area contributed by atoms with Crippen molar-refractivity contribution >= 4 is 11.2 Å². The van der Waals surface area contributed by atoms with Gasteiger partial charge in [-0.25, -0.2) is 19.9 Å². The van der Waals surface area contributed by atoms with Gasteiger partial charge < -0.3 is 9.30 Å². The van der Waals surface area contributed by atoms with Crippen LogP contribution in [0.1, 0.15) is 92.4 Å². The van der Waals surface area contributed by atoms with Crippen LogP contribution in [0.15, 0.2) is 23.1 Å². The lowest BCUT2D eigenvalue weighted by Gasteiger charge is -2.70. The number of pyridine rings is 1. The van der Waals surface area contributed by atoms with Crippen LogP contribution in [0.3, 0.4) is 0 Å². The molecule has 1 aliphatic heterocycles. The molecule has 206 valence electrons. The topological polar surface area (TPSA) is 82.8 Å². The lowest BCUT2D eigenvalue weighted by Crippen LogP contribution is -2.70. The lowest BCUT2D eigenvalue weighted by atomic mass is 9.34. The second-order valence-electron chi connectivity index (χ2n) is 12.9. The van der Waals surface area contributed by atoms with Gasteiger partial charge in [0.1, 0.15) is 11.3 Å². The maximum absolute atomic E-state index is 13.7. The Morgan fingerprint density at radius 2 is 1.77 bits per heavy atom. The largest absolute Gasteiger partial charge is 0.394 e. The highest BCUT2D eigenvalue weighted by atomic mass is 19.4. The summed E-state index contributed by atoms with van der Waals surface area (Å²) in [6, 6.07) is 3.45. The summed E-state index contributed by atoms with van der Waals surface area (Å²) in [7, 11) is 0. The fourth-order valence-corrected chi connectivity index (χ4v) is 6.93. The van der Waals surface area contributed by atoms with Gasteiger partial charge in [-0.15, -0.1) is 0 Å². The van der Waals surface area contributed by atoms with Gasteiger partial charge in [-0.2, -0.15) is 13.2 Å². The van der Waals surface area contributed by atoms with Crippen LogP contribution in [0, 0.1) is 24.7 Å². The van der Waals surface area contributed by atoms with Crippen LogP contribution in [-0.2, 0) is 16.7 Å². The van der Waals surface area contributed by atoms with E-state index in [1.807, 2.05) is 26.1 Å². The van der Waals surface area contributed by atoms with Crippen LogP contribution in [0.4, 0.5) is 13.2 Å². The molecule has 5 fully saturated rings. The molecule has 39 heavy (non-hydrogen) atoms. The van der Waals surface area contributed by atoms with Crippen molar-refractivity contribution in [2.45, 2.75) is 95.9 Å². The zero-order valence-electron chi connectivity index (χ0n) is 22.4. The second kappa shape index (κ2) is 8.08. The average Bonchev–Trinajstić information content (AvgIpc) is 3.55. The molecule has 4 aliphatic carbocycles. The molecule has 1 saturated heterocycles. The van der Waals surface area contributed by atoms with E-state index in [-0.39, 0.29) is 42.3 Å². The SMILES string of the molecule is Cc1nc2nc([C@H]3CCO[C@@H](c4ccc(=O)n(CC5(C)CC5)c4)C3)nc(C34CC(C(F)(F)F)(C3)C4)c2nc1C. The number of aromatic nitrogens is 5. The van der Waals surface area contributed by atoms with E-state index in [4.69, 9.17) is 19.7 Å². The van der Waals surface area contributed by atoms with E-state index < -0.39 is 17.0 Å². The molecule has 0 N–H and O–H groups in total. The first-order chi connectivity index (χ1) is 18.4. The van der Waals surface area contributed by atoms with Crippen LogP contribution in [-0.4, -0.2) is 37.3 Å². The molecular weight excluding hydrogens is 507 g/mol. The number of aryl methyl sites for hydroxylation is 2. The van der Waals surface area contributed by atoms with Gasteiger partial charge in [0.2, 0.25) is 0 Å². The molecule has 0 spiro atoms. The third-order valence-corrected chi connectivity index (χ3v) is 9.78. The Bertz CT molecular complexity index is 1540. The Morgan fingerprint density at radius 3 is 2.46 bits per heavy atom. The van der Waals surface area contributed by atoms with Gasteiger partial charge in [-0.3, -0.25) is 4.79 Å². The van der Waals surface area contributed by atoms with E-state index in [2.05, 4.69) is 11.9 Å². The van der Waals surface area contributed by atoms with Crippen LogP contribution >= 0.6 is 0 Å². The zero-order valence-corrected chi connectivity index (χ0v) is 22.4. The quantitative estimate of drug-likeness (QED) is 0.419. The Hall–Kier alpha value is -2.88. The Labute approximate surface area is 224 Å². The van der Waals surface area contributed by atoms with Gasteiger partial charge in [-0.05, 0) is 75.8 Å². The lowest BCUT2D eigenvalue weighted by molar-refractivity contribution is -0.337. The smallest absolute Gasteiger partial charge is 0.373 e. The molecule has 3 aromatic rings. The molecule has 3 aromatic heterocycles. The highest BCUT2D eigenvalue weighted by Crippen LogP contribution is 2.78. The summed E-state index contributed by atoms with van der Waals surface area (Å²) in [5.74, 6) is 0.563. The van der Waals surface area contributed by atoms with Crippen molar-refractivity contribution in [2.75, 3.05) is 6.61 Å². The van der Waals surface area contributed by atoms with Crippen molar-refractivity contribution in [3.8, 4) is 0 Å². The first-order valence-corrected chi connectivity index (χ1v) is 13.8. The van der Waals surface area contributed by atoms with E-state index >= 15 is 0 Å². The summed E-state index contributed by atoms with van der Waals surface area (Å²) < 4.78 is 48.9. The highest BCUT2D eigenvalue weighted by Gasteiger charge is 2.79. The first-order valence-electron chi connectivity index (χ1n) is 13.8. The molecule has 2 atom stereocenters. The van der Waals surface area contributed by atoms with Crippen LogP contribution in [0.25, 0.3) is 11.2 Å². The standard InChI is InChI=1S/C29H32F3N5O2/c1-16-17(2)34-25-22(33-16)23(27-12-28(13-27,14-27)29(30,31)32)35-24(36-25)18-6-9-39-20(10-18)19-4-5-21(38)37(11-19)15-26(3)7-8-26/h4-5,11,18,20H,6-10,12-15H2,1-3H3/t18-,20+,27?,28?/m0/s1. The molecule has 0 aromatic carbocycles. The van der Waals surface area contributed by atoms with Crippen molar-refractivity contribution in [2.24, 2.45) is 10.8 Å². The number of fused-ring (bicyclic) bond motifs is 1. The van der Waals surface area contributed by atoms with Crippen molar-refractivity contribution in [1.82, 2.24) is 24.5 Å². The first kappa shape index (κ1) is 25.1. The van der Waals surface area contributed by atoms with E-state index in [1.54, 1.807) is 10.6 Å². The van der Waals surface area contributed by atoms with Crippen LogP contribution in [0.5, 0.6) is 0 Å². The number of hydrogen-bond donors (Lipinski definition) is 0. The van der Waals surface area contributed by atoms with Crippen molar-refractivity contribution < 1.29 is 17.9 Å². The number of halogens is 3. The number of hydrogen-bond acceptors (Lipinski definition) is 6. The third kappa shape index (κ3) is 3.92. The van der Waals surface area contributed by atoms with E-state index in [0.717, 1.165) is 29.8 Å². The van der Waals surface area contributed by atoms with Gasteiger partial charge >= 0.3 is 6.18 Å². The van der Waals surface area contributed by atoms with E-state index in [9.17, 15) is 18.0 Å². The summed E-state index contributed by atoms with van der Waals surface area (Å²) >= 11 is 0. The fourth-order valence-electron chi connectivity index (χ4n) is 6.93. The fraction of sp³-hybridized carbons (Fsp3) is 0.621. The molecule has 4 saturated carbocycles. The monoisotopic (exact) mass is 539 g/mol. The van der Waals surface area contributed by atoms with Crippen LogP contribution in [0.2, 0.25) is 0 Å². The molecule has 8 rings (SSSR count). The molecular formula is C29H32F3N5O2. The Kier molecular flexibility index (Phi) is 5.20. The van der Waals surface area contributed by atoms with Gasteiger partial charge in [0, 0.05) is 36.7 Å². The predicted molar refractivity (Wildman–Crippen MR) is 137 cm³/mol. The molecule has 0 amide bonds. The molecule has 10 heteroatoms.